The SMILES string of the molecule is Cc1cc2c(C(=O)O)cccc2n1-c1nc(NCc2ccccc2)nc(C(N)=O)n1. The molecular weight excluding hydrogens is 384 g/mol. The third-order valence-corrected chi connectivity index (χ3v) is 4.60. The Morgan fingerprint density at radius 2 is 1.83 bits per heavy atom. The zero-order chi connectivity index (χ0) is 21.3. The molecule has 0 atom stereocenters. The number of carbonyl (C=O) groups excluding carboxylic acids is 1. The Morgan fingerprint density at radius 1 is 1.07 bits per heavy atom. The van der Waals surface area contributed by atoms with Crippen LogP contribution in [0.15, 0.2) is 54.6 Å². The molecule has 2 heterocycles. The van der Waals surface area contributed by atoms with Gasteiger partial charge in [0.25, 0.3) is 5.91 Å². The molecule has 4 N–H and O–H groups in total. The smallest absolute Gasteiger partial charge is 0.336 e. The average Bonchev–Trinajstić information content (AvgIpc) is 3.08. The second-order valence-electron chi connectivity index (χ2n) is 6.65. The number of aromatic nitrogens is 4. The van der Waals surface area contributed by atoms with Crippen LogP contribution in [0.3, 0.4) is 0 Å². The van der Waals surface area contributed by atoms with E-state index in [1.807, 2.05) is 30.3 Å². The molecular formula is C21H18N6O3. The number of benzene rings is 2. The van der Waals surface area contributed by atoms with Gasteiger partial charge < -0.3 is 16.2 Å². The molecule has 4 aromatic rings. The lowest BCUT2D eigenvalue weighted by molar-refractivity contribution is 0.0698. The molecule has 0 aliphatic rings. The fourth-order valence-electron chi connectivity index (χ4n) is 3.25. The van der Waals surface area contributed by atoms with Crippen LogP contribution in [0.1, 0.15) is 32.2 Å². The van der Waals surface area contributed by atoms with Crippen LogP contribution in [0, 0.1) is 6.92 Å². The Bertz CT molecular complexity index is 1270. The van der Waals surface area contributed by atoms with Crippen LogP contribution in [-0.4, -0.2) is 36.5 Å². The first-order valence-electron chi connectivity index (χ1n) is 9.12. The summed E-state index contributed by atoms with van der Waals surface area (Å²) in [5, 5.41) is 13.1. The topological polar surface area (TPSA) is 136 Å². The lowest BCUT2D eigenvalue weighted by Gasteiger charge is -2.11. The van der Waals surface area contributed by atoms with Crippen LogP contribution in [0.5, 0.6) is 0 Å². The molecule has 30 heavy (non-hydrogen) atoms. The van der Waals surface area contributed by atoms with Crippen molar-refractivity contribution in [1.82, 2.24) is 19.5 Å². The Kier molecular flexibility index (Phi) is 4.85. The number of carboxylic acid groups (broad SMARTS) is 1. The van der Waals surface area contributed by atoms with Crippen molar-refractivity contribution in [3.05, 3.63) is 77.2 Å². The minimum atomic E-state index is -1.03. The zero-order valence-electron chi connectivity index (χ0n) is 16.0. The average molecular weight is 402 g/mol. The summed E-state index contributed by atoms with van der Waals surface area (Å²) >= 11 is 0. The Balaban J connectivity index is 1.81. The first-order chi connectivity index (χ1) is 14.4. The number of hydrogen-bond acceptors (Lipinski definition) is 6. The van der Waals surface area contributed by atoms with Gasteiger partial charge in [-0.15, -0.1) is 0 Å². The predicted octanol–water partition coefficient (Wildman–Crippen LogP) is 2.53. The fraction of sp³-hybridized carbons (Fsp3) is 0.0952. The number of hydrogen-bond donors (Lipinski definition) is 3. The zero-order valence-corrected chi connectivity index (χ0v) is 16.0. The van der Waals surface area contributed by atoms with E-state index in [-0.39, 0.29) is 23.3 Å². The van der Waals surface area contributed by atoms with E-state index < -0.39 is 11.9 Å². The van der Waals surface area contributed by atoms with E-state index in [1.54, 1.807) is 29.7 Å². The van der Waals surface area contributed by atoms with E-state index in [0.717, 1.165) is 5.56 Å². The first-order valence-corrected chi connectivity index (χ1v) is 9.12. The van der Waals surface area contributed by atoms with Crippen molar-refractivity contribution in [2.24, 2.45) is 5.73 Å². The molecule has 9 nitrogen and oxygen atoms in total. The number of aromatic carboxylic acids is 1. The number of nitrogens with two attached hydrogens (primary N) is 1. The molecule has 0 spiro atoms. The summed E-state index contributed by atoms with van der Waals surface area (Å²) in [4.78, 5) is 36.1. The second-order valence-corrected chi connectivity index (χ2v) is 6.65. The Hall–Kier alpha value is -4.27. The summed E-state index contributed by atoms with van der Waals surface area (Å²) in [5.41, 5.74) is 7.90. The fourth-order valence-corrected chi connectivity index (χ4v) is 3.25. The number of rotatable bonds is 6. The lowest BCUT2D eigenvalue weighted by atomic mass is 10.1. The molecule has 0 fully saturated rings. The van der Waals surface area contributed by atoms with Gasteiger partial charge in [-0.05, 0) is 30.7 Å². The van der Waals surface area contributed by atoms with Gasteiger partial charge in [0.15, 0.2) is 0 Å². The second kappa shape index (κ2) is 7.63. The lowest BCUT2D eigenvalue weighted by Crippen LogP contribution is -2.20. The van der Waals surface area contributed by atoms with Crippen molar-refractivity contribution < 1.29 is 14.7 Å². The highest BCUT2D eigenvalue weighted by Gasteiger charge is 2.18. The van der Waals surface area contributed by atoms with E-state index in [0.29, 0.717) is 23.1 Å². The van der Waals surface area contributed by atoms with Crippen LogP contribution >= 0.6 is 0 Å². The van der Waals surface area contributed by atoms with Crippen LogP contribution in [0.2, 0.25) is 0 Å². The molecule has 150 valence electrons. The number of carbonyl (C=O) groups is 2. The molecule has 0 aliphatic carbocycles. The van der Waals surface area contributed by atoms with E-state index in [4.69, 9.17) is 5.73 Å². The first kappa shape index (κ1) is 19.1. The summed E-state index contributed by atoms with van der Waals surface area (Å²) in [6.07, 6.45) is 0. The largest absolute Gasteiger partial charge is 0.478 e. The number of carboxylic acids is 1. The molecule has 0 radical (unpaired) electrons. The molecule has 0 aliphatic heterocycles. The van der Waals surface area contributed by atoms with E-state index in [1.165, 1.54) is 6.07 Å². The summed E-state index contributed by atoms with van der Waals surface area (Å²) < 4.78 is 1.67. The summed E-state index contributed by atoms with van der Waals surface area (Å²) in [6.45, 7) is 2.24. The van der Waals surface area contributed by atoms with Gasteiger partial charge in [0.1, 0.15) is 0 Å². The molecule has 0 unspecified atom stereocenters. The van der Waals surface area contributed by atoms with Crippen molar-refractivity contribution in [2.45, 2.75) is 13.5 Å². The normalized spacial score (nSPS) is 10.8. The van der Waals surface area contributed by atoms with Gasteiger partial charge in [0, 0.05) is 17.6 Å². The number of aryl methyl sites for hydroxylation is 1. The number of anilines is 1. The number of fused-ring (bicyclic) bond motifs is 1. The Labute approximate surface area is 171 Å². The van der Waals surface area contributed by atoms with Crippen molar-refractivity contribution in [3.8, 4) is 5.95 Å². The van der Waals surface area contributed by atoms with Gasteiger partial charge in [-0.2, -0.15) is 15.0 Å². The van der Waals surface area contributed by atoms with Crippen molar-refractivity contribution >= 4 is 28.7 Å². The number of nitrogens with zero attached hydrogens (tertiary/aromatic N) is 4. The molecule has 4 rings (SSSR count). The maximum atomic E-state index is 11.8. The highest BCUT2D eigenvalue weighted by atomic mass is 16.4. The quantitative estimate of drug-likeness (QED) is 0.451. The van der Waals surface area contributed by atoms with Crippen molar-refractivity contribution in [1.29, 1.82) is 0 Å². The van der Waals surface area contributed by atoms with Gasteiger partial charge in [-0.3, -0.25) is 9.36 Å². The molecule has 0 bridgehead atoms. The minimum absolute atomic E-state index is 0.168. The van der Waals surface area contributed by atoms with Gasteiger partial charge in [-0.1, -0.05) is 36.4 Å². The van der Waals surface area contributed by atoms with Crippen LogP contribution in [0.4, 0.5) is 5.95 Å². The van der Waals surface area contributed by atoms with E-state index in [2.05, 4.69) is 20.3 Å². The molecule has 0 saturated heterocycles. The maximum Gasteiger partial charge on any atom is 0.336 e. The van der Waals surface area contributed by atoms with Crippen LogP contribution in [0.25, 0.3) is 16.9 Å². The third-order valence-electron chi connectivity index (χ3n) is 4.60. The molecule has 0 saturated carbocycles. The number of primary amides is 1. The van der Waals surface area contributed by atoms with Gasteiger partial charge in [-0.25, -0.2) is 4.79 Å². The van der Waals surface area contributed by atoms with Crippen LogP contribution < -0.4 is 11.1 Å². The summed E-state index contributed by atoms with van der Waals surface area (Å²) in [6, 6.07) is 16.3. The van der Waals surface area contributed by atoms with Gasteiger partial charge in [0.2, 0.25) is 17.7 Å². The summed E-state index contributed by atoms with van der Waals surface area (Å²) in [5.74, 6) is -1.65. The molecule has 2 aromatic carbocycles. The minimum Gasteiger partial charge on any atom is -0.478 e. The molecule has 9 heteroatoms. The third kappa shape index (κ3) is 3.55. The van der Waals surface area contributed by atoms with Gasteiger partial charge >= 0.3 is 5.97 Å². The highest BCUT2D eigenvalue weighted by molar-refractivity contribution is 6.03. The van der Waals surface area contributed by atoms with Crippen molar-refractivity contribution in [3.63, 3.8) is 0 Å². The van der Waals surface area contributed by atoms with E-state index >= 15 is 0 Å². The van der Waals surface area contributed by atoms with Crippen molar-refractivity contribution in [2.75, 3.05) is 5.32 Å². The molecule has 2 aromatic heterocycles. The monoisotopic (exact) mass is 402 g/mol. The summed E-state index contributed by atoms with van der Waals surface area (Å²) in [7, 11) is 0. The van der Waals surface area contributed by atoms with E-state index in [9.17, 15) is 14.7 Å². The van der Waals surface area contributed by atoms with Gasteiger partial charge in [0.05, 0.1) is 11.1 Å². The van der Waals surface area contributed by atoms with Crippen LogP contribution in [-0.2, 0) is 6.54 Å². The number of nitrogens with one attached hydrogen (secondary N) is 1. The predicted molar refractivity (Wildman–Crippen MR) is 111 cm³/mol. The Morgan fingerprint density at radius 3 is 2.53 bits per heavy atom. The molecule has 1 amide bonds. The highest BCUT2D eigenvalue weighted by Crippen LogP contribution is 2.26. The maximum absolute atomic E-state index is 11.8. The standard InChI is InChI=1S/C21H18N6O3/c1-12-10-15-14(19(29)30)8-5-9-16(15)27(12)21-25-18(17(22)28)24-20(26-21)23-11-13-6-3-2-4-7-13/h2-10H,11H2,1H3,(H2,22,28)(H,29,30)(H,23,24,25,26). The number of amides is 1.